The quantitative estimate of drug-likeness (QED) is 0.0119. The van der Waals surface area contributed by atoms with Crippen molar-refractivity contribution in [2.75, 3.05) is 33.2 Å². The highest BCUT2D eigenvalue weighted by molar-refractivity contribution is 6.02. The Morgan fingerprint density at radius 2 is 1.03 bits per heavy atom. The van der Waals surface area contributed by atoms with E-state index in [0.717, 1.165) is 12.2 Å². The molecule has 5 aromatic carbocycles. The van der Waals surface area contributed by atoms with Crippen LogP contribution in [-0.2, 0) is 16.0 Å². The zero-order valence-electron chi connectivity index (χ0n) is 39.7. The van der Waals surface area contributed by atoms with Gasteiger partial charge < -0.3 is 44.4 Å². The van der Waals surface area contributed by atoms with Gasteiger partial charge >= 0.3 is 24.3 Å². The molecular weight excluding hydrogens is 969 g/mol. The molecule has 2 atom stereocenters. The van der Waals surface area contributed by atoms with E-state index >= 15 is 0 Å². The Kier molecular flexibility index (Phi) is 20.2. The molecule has 0 aromatic heterocycles. The SMILES string of the molecule is COc1cc(/C=C/C(=O)C(O)CC(O)(Cc2ccc(N)cc2)C(=O)/C=C/c2ccc(OC(=O)c3ccc(OCCCCC(F)(F)F)cc3)c(OC)c2)ccc1OC(=O)c1ccc(OCCCCC(F)(F)F)cc1. The summed E-state index contributed by atoms with van der Waals surface area (Å²) < 4.78 is 107. The maximum Gasteiger partial charge on any atom is 0.389 e. The number of rotatable bonds is 26. The Morgan fingerprint density at radius 1 is 0.589 bits per heavy atom. The van der Waals surface area contributed by atoms with Crippen molar-refractivity contribution in [2.45, 2.75) is 75.4 Å². The van der Waals surface area contributed by atoms with Crippen LogP contribution in [-0.4, -0.2) is 85.2 Å². The molecule has 0 aliphatic rings. The molecule has 19 heteroatoms. The minimum Gasteiger partial charge on any atom is -0.494 e. The summed E-state index contributed by atoms with van der Waals surface area (Å²) in [4.78, 5) is 53.1. The molecule has 4 N–H and O–H groups in total. The summed E-state index contributed by atoms with van der Waals surface area (Å²) in [6, 6.07) is 26.7. The van der Waals surface area contributed by atoms with Gasteiger partial charge in [0.15, 0.2) is 34.6 Å². The average Bonchev–Trinajstić information content (AvgIpc) is 3.35. The number of ether oxygens (including phenoxy) is 6. The molecule has 0 saturated heterocycles. The number of nitrogens with two attached hydrogens (primary N) is 1. The van der Waals surface area contributed by atoms with Crippen LogP contribution in [0.25, 0.3) is 12.2 Å². The summed E-state index contributed by atoms with van der Waals surface area (Å²) in [5.41, 5.74) is 5.48. The van der Waals surface area contributed by atoms with Crippen molar-refractivity contribution in [3.63, 3.8) is 0 Å². The van der Waals surface area contributed by atoms with Gasteiger partial charge in [0, 0.05) is 31.4 Å². The van der Waals surface area contributed by atoms with E-state index in [9.17, 15) is 55.7 Å². The van der Waals surface area contributed by atoms with Gasteiger partial charge in [-0.2, -0.15) is 26.3 Å². The number of carbonyl (C=O) groups is 4. The Bertz CT molecular complexity index is 2700. The molecule has 0 aliphatic heterocycles. The second-order valence-electron chi connectivity index (χ2n) is 16.6. The number of benzene rings is 5. The molecule has 388 valence electrons. The number of nitrogen functional groups attached to an aromatic ring is 1. The van der Waals surface area contributed by atoms with E-state index in [0.29, 0.717) is 33.9 Å². The van der Waals surface area contributed by atoms with Crippen LogP contribution in [0, 0.1) is 0 Å². The Hall–Kier alpha value is -7.64. The van der Waals surface area contributed by atoms with Crippen LogP contribution in [0.3, 0.4) is 0 Å². The number of halogens is 6. The standard InChI is InChI=1S/C54H53F6NO12/c1-68-47-31-35(10-24-45(47)72-50(65)38-13-19-41(20-14-38)70-29-5-3-27-53(55,56)57)9-23-43(62)44(63)34-52(67,33-37-7-17-40(61)18-8-37)49(64)26-12-36-11-25-46(48(32-36)69-2)73-51(66)39-15-21-42(22-16-39)71-30-6-4-28-54(58,59)60/h7-26,31-32,44,63,67H,3-6,27-30,33-34,61H2,1-2H3/b23-9+,26-12+. The second-order valence-corrected chi connectivity index (χ2v) is 16.6. The highest BCUT2D eigenvalue weighted by atomic mass is 19.4. The van der Waals surface area contributed by atoms with Crippen LogP contribution in [0.15, 0.2) is 121 Å². The molecule has 5 aromatic rings. The Morgan fingerprint density at radius 3 is 1.45 bits per heavy atom. The first-order chi connectivity index (χ1) is 34.6. The highest BCUT2D eigenvalue weighted by Crippen LogP contribution is 2.32. The van der Waals surface area contributed by atoms with E-state index < -0.39 is 66.8 Å². The number of hydrogen-bond acceptors (Lipinski definition) is 13. The molecular formula is C54H53F6NO12. The maximum atomic E-state index is 13.8. The number of esters is 2. The van der Waals surface area contributed by atoms with Crippen molar-refractivity contribution in [1.82, 2.24) is 0 Å². The third kappa shape index (κ3) is 18.5. The van der Waals surface area contributed by atoms with E-state index in [4.69, 9.17) is 34.2 Å². The number of aliphatic hydroxyl groups excluding tert-OH is 1. The van der Waals surface area contributed by atoms with Crippen molar-refractivity contribution in [2.24, 2.45) is 0 Å². The molecule has 0 saturated carbocycles. The summed E-state index contributed by atoms with van der Waals surface area (Å²) in [7, 11) is 2.66. The molecule has 0 bridgehead atoms. The molecule has 0 amide bonds. The van der Waals surface area contributed by atoms with E-state index in [2.05, 4.69) is 0 Å². The third-order valence-electron chi connectivity index (χ3n) is 10.9. The van der Waals surface area contributed by atoms with Gasteiger partial charge in [-0.15, -0.1) is 0 Å². The zero-order valence-corrected chi connectivity index (χ0v) is 39.7. The lowest BCUT2D eigenvalue weighted by Crippen LogP contribution is -2.44. The van der Waals surface area contributed by atoms with Crippen molar-refractivity contribution in [3.05, 3.63) is 149 Å². The number of aliphatic hydroxyl groups is 2. The van der Waals surface area contributed by atoms with E-state index in [1.54, 1.807) is 24.3 Å². The molecule has 73 heavy (non-hydrogen) atoms. The number of alkyl halides is 6. The van der Waals surface area contributed by atoms with Crippen LogP contribution in [0.5, 0.6) is 34.5 Å². The lowest BCUT2D eigenvalue weighted by molar-refractivity contribution is -0.138. The van der Waals surface area contributed by atoms with Crippen molar-refractivity contribution in [3.8, 4) is 34.5 Å². The number of ketones is 2. The number of anilines is 1. The number of carbonyl (C=O) groups excluding carboxylic acids is 4. The minimum absolute atomic E-state index is 0.0300. The van der Waals surface area contributed by atoms with Crippen LogP contribution < -0.4 is 34.2 Å². The van der Waals surface area contributed by atoms with E-state index in [1.165, 1.54) is 111 Å². The molecule has 13 nitrogen and oxygen atoms in total. The molecule has 0 heterocycles. The predicted octanol–water partition coefficient (Wildman–Crippen LogP) is 10.5. The lowest BCUT2D eigenvalue weighted by Gasteiger charge is -2.27. The molecule has 5 rings (SSSR count). The molecule has 0 radical (unpaired) electrons. The van der Waals surface area contributed by atoms with Gasteiger partial charge in [0.2, 0.25) is 0 Å². The van der Waals surface area contributed by atoms with Crippen LogP contribution >= 0.6 is 0 Å². The Balaban J connectivity index is 1.20. The molecule has 0 fully saturated rings. The first-order valence-corrected chi connectivity index (χ1v) is 22.7. The van der Waals surface area contributed by atoms with Gasteiger partial charge in [-0.3, -0.25) is 9.59 Å². The van der Waals surface area contributed by atoms with Gasteiger partial charge in [-0.25, -0.2) is 9.59 Å². The molecule has 0 aliphatic carbocycles. The number of methoxy groups -OCH3 is 2. The predicted molar refractivity (Wildman–Crippen MR) is 258 cm³/mol. The van der Waals surface area contributed by atoms with Gasteiger partial charge in [0.1, 0.15) is 23.2 Å². The van der Waals surface area contributed by atoms with Gasteiger partial charge in [-0.1, -0.05) is 36.4 Å². The summed E-state index contributed by atoms with van der Waals surface area (Å²) >= 11 is 0. The largest absolute Gasteiger partial charge is 0.494 e. The highest BCUT2D eigenvalue weighted by Gasteiger charge is 2.38. The van der Waals surface area contributed by atoms with Gasteiger partial charge in [0.25, 0.3) is 0 Å². The number of hydrogen-bond donors (Lipinski definition) is 3. The van der Waals surface area contributed by atoms with Gasteiger partial charge in [0.05, 0.1) is 38.6 Å². The fourth-order valence-electron chi connectivity index (χ4n) is 6.94. The van der Waals surface area contributed by atoms with Gasteiger partial charge in [-0.05, 0) is 139 Å². The average molecular weight is 1020 g/mol. The maximum absolute atomic E-state index is 13.8. The summed E-state index contributed by atoms with van der Waals surface area (Å²) in [5, 5.41) is 23.0. The van der Waals surface area contributed by atoms with E-state index in [1.807, 2.05) is 0 Å². The normalized spacial score (nSPS) is 13.0. The molecule has 0 spiro atoms. The molecule has 2 unspecified atom stereocenters. The lowest BCUT2D eigenvalue weighted by atomic mass is 9.83. The minimum atomic E-state index is -4.23. The summed E-state index contributed by atoms with van der Waals surface area (Å²) in [5.74, 6) is -2.22. The van der Waals surface area contributed by atoms with Crippen LogP contribution in [0.1, 0.15) is 82.4 Å². The first kappa shape index (κ1) is 56.3. The van der Waals surface area contributed by atoms with Crippen molar-refractivity contribution < 1.29 is 84.2 Å². The summed E-state index contributed by atoms with van der Waals surface area (Å²) in [6.07, 6.45) is -8.10. The van der Waals surface area contributed by atoms with Crippen LogP contribution in [0.4, 0.5) is 32.0 Å². The van der Waals surface area contributed by atoms with E-state index in [-0.39, 0.29) is 79.4 Å². The number of unbranched alkanes of at least 4 members (excludes halogenated alkanes) is 2. The second kappa shape index (κ2) is 26.2. The first-order valence-electron chi connectivity index (χ1n) is 22.7. The Labute approximate surface area is 416 Å². The zero-order chi connectivity index (χ0) is 53.2. The monoisotopic (exact) mass is 1020 g/mol. The smallest absolute Gasteiger partial charge is 0.389 e. The summed E-state index contributed by atoms with van der Waals surface area (Å²) in [6.45, 7) is 0.134. The van der Waals surface area contributed by atoms with Crippen molar-refractivity contribution in [1.29, 1.82) is 0 Å². The topological polar surface area (TPSA) is 190 Å². The van der Waals surface area contributed by atoms with Crippen LogP contribution in [0.2, 0.25) is 0 Å². The van der Waals surface area contributed by atoms with Crippen molar-refractivity contribution >= 4 is 41.3 Å². The fourth-order valence-corrected chi connectivity index (χ4v) is 6.94. The third-order valence-corrected chi connectivity index (χ3v) is 10.9. The fraction of sp³-hybridized carbons (Fsp3) is 0.296.